The number of methoxy groups -OCH3 is 1. The fourth-order valence-electron chi connectivity index (χ4n) is 1.16. The summed E-state index contributed by atoms with van der Waals surface area (Å²) < 4.78 is 18.4. The van der Waals surface area contributed by atoms with Crippen molar-refractivity contribution in [2.45, 2.75) is 6.54 Å². The highest BCUT2D eigenvalue weighted by atomic mass is 79.9. The molecule has 0 saturated carbocycles. The Morgan fingerprint density at radius 3 is 3.00 bits per heavy atom. The van der Waals surface area contributed by atoms with E-state index in [2.05, 4.69) is 26.2 Å². The standard InChI is InChI=1S/C11H15BrFN3O/c1-17-5-4-15-11(14)16-7-8-2-3-9(13)6-10(8)12/h2-3,6H,4-5,7H2,1H3,(H3,14,15,16). The van der Waals surface area contributed by atoms with E-state index in [0.717, 1.165) is 5.56 Å². The van der Waals surface area contributed by atoms with E-state index < -0.39 is 0 Å². The molecule has 6 heteroatoms. The number of hydrogen-bond acceptors (Lipinski definition) is 2. The molecule has 0 aliphatic rings. The summed E-state index contributed by atoms with van der Waals surface area (Å²) in [5.41, 5.74) is 6.51. The number of guanidine groups is 1. The molecule has 0 fully saturated rings. The molecule has 0 aliphatic heterocycles. The van der Waals surface area contributed by atoms with Crippen molar-refractivity contribution in [3.05, 3.63) is 34.1 Å². The van der Waals surface area contributed by atoms with Crippen molar-refractivity contribution in [2.24, 2.45) is 10.7 Å². The average molecular weight is 304 g/mol. The summed E-state index contributed by atoms with van der Waals surface area (Å²) in [7, 11) is 1.62. The van der Waals surface area contributed by atoms with Crippen LogP contribution >= 0.6 is 15.9 Å². The first-order valence-corrected chi connectivity index (χ1v) is 5.89. The minimum atomic E-state index is -0.282. The molecule has 1 aromatic carbocycles. The molecule has 0 amide bonds. The van der Waals surface area contributed by atoms with Crippen LogP contribution in [0.3, 0.4) is 0 Å². The SMILES string of the molecule is COCCNC(N)=NCc1ccc(F)cc1Br. The monoisotopic (exact) mass is 303 g/mol. The first kappa shape index (κ1) is 13.9. The van der Waals surface area contributed by atoms with Crippen LogP contribution in [0.1, 0.15) is 5.56 Å². The molecule has 0 saturated heterocycles. The second-order valence-corrected chi connectivity index (χ2v) is 4.21. The van der Waals surface area contributed by atoms with Gasteiger partial charge in [-0.1, -0.05) is 22.0 Å². The van der Waals surface area contributed by atoms with Crippen LogP contribution in [0, 0.1) is 5.82 Å². The van der Waals surface area contributed by atoms with Gasteiger partial charge in [-0.15, -0.1) is 0 Å². The molecule has 3 N–H and O–H groups in total. The molecule has 0 spiro atoms. The van der Waals surface area contributed by atoms with Crippen molar-refractivity contribution < 1.29 is 9.13 Å². The molecular formula is C11H15BrFN3O. The van der Waals surface area contributed by atoms with E-state index in [0.29, 0.717) is 30.1 Å². The summed E-state index contributed by atoms with van der Waals surface area (Å²) in [6.07, 6.45) is 0. The molecule has 0 aromatic heterocycles. The molecule has 94 valence electrons. The van der Waals surface area contributed by atoms with Crippen LogP contribution in [0.5, 0.6) is 0 Å². The summed E-state index contributed by atoms with van der Waals surface area (Å²) >= 11 is 3.27. The molecule has 4 nitrogen and oxygen atoms in total. The van der Waals surface area contributed by atoms with Crippen molar-refractivity contribution >= 4 is 21.9 Å². The van der Waals surface area contributed by atoms with Crippen LogP contribution in [-0.2, 0) is 11.3 Å². The van der Waals surface area contributed by atoms with Gasteiger partial charge in [0.2, 0.25) is 0 Å². The second-order valence-electron chi connectivity index (χ2n) is 3.36. The smallest absolute Gasteiger partial charge is 0.188 e. The number of ether oxygens (including phenoxy) is 1. The minimum Gasteiger partial charge on any atom is -0.383 e. The van der Waals surface area contributed by atoms with Gasteiger partial charge in [0.15, 0.2) is 5.96 Å². The van der Waals surface area contributed by atoms with Gasteiger partial charge in [0.25, 0.3) is 0 Å². The molecule has 0 bridgehead atoms. The lowest BCUT2D eigenvalue weighted by Gasteiger charge is -2.05. The van der Waals surface area contributed by atoms with Gasteiger partial charge in [0.05, 0.1) is 13.2 Å². The van der Waals surface area contributed by atoms with Gasteiger partial charge in [-0.3, -0.25) is 0 Å². The summed E-state index contributed by atoms with van der Waals surface area (Å²) in [6.45, 7) is 1.57. The maximum atomic E-state index is 12.8. The Balaban J connectivity index is 2.50. The summed E-state index contributed by atoms with van der Waals surface area (Å²) in [6, 6.07) is 4.47. The number of nitrogens with zero attached hydrogens (tertiary/aromatic N) is 1. The lowest BCUT2D eigenvalue weighted by Crippen LogP contribution is -2.34. The van der Waals surface area contributed by atoms with Gasteiger partial charge in [-0.2, -0.15) is 0 Å². The van der Waals surface area contributed by atoms with Gasteiger partial charge in [0.1, 0.15) is 5.82 Å². The van der Waals surface area contributed by atoms with Crippen molar-refractivity contribution in [2.75, 3.05) is 20.3 Å². The Kier molecular flexibility index (Phi) is 5.93. The third-order valence-corrected chi connectivity index (χ3v) is 2.79. The fourth-order valence-corrected chi connectivity index (χ4v) is 1.63. The Hall–Kier alpha value is -1.14. The van der Waals surface area contributed by atoms with E-state index in [1.807, 2.05) is 0 Å². The van der Waals surface area contributed by atoms with Crippen LogP contribution in [0.2, 0.25) is 0 Å². The zero-order valence-corrected chi connectivity index (χ0v) is 11.1. The zero-order chi connectivity index (χ0) is 12.7. The first-order valence-electron chi connectivity index (χ1n) is 5.10. The largest absolute Gasteiger partial charge is 0.383 e. The molecule has 1 aromatic rings. The predicted octanol–water partition coefficient (Wildman–Crippen LogP) is 1.64. The topological polar surface area (TPSA) is 59.6 Å². The molecule has 0 unspecified atom stereocenters. The second kappa shape index (κ2) is 7.24. The van der Waals surface area contributed by atoms with E-state index >= 15 is 0 Å². The maximum absolute atomic E-state index is 12.8. The van der Waals surface area contributed by atoms with Crippen LogP contribution in [0.25, 0.3) is 0 Å². The molecule has 0 heterocycles. The number of hydrogen-bond donors (Lipinski definition) is 2. The number of rotatable bonds is 5. The lowest BCUT2D eigenvalue weighted by atomic mass is 10.2. The van der Waals surface area contributed by atoms with E-state index in [9.17, 15) is 4.39 Å². The third-order valence-electron chi connectivity index (χ3n) is 2.05. The molecular weight excluding hydrogens is 289 g/mol. The van der Waals surface area contributed by atoms with Crippen molar-refractivity contribution in [1.29, 1.82) is 0 Å². The molecule has 0 atom stereocenters. The highest BCUT2D eigenvalue weighted by Crippen LogP contribution is 2.18. The third kappa shape index (κ3) is 5.14. The number of benzene rings is 1. The zero-order valence-electron chi connectivity index (χ0n) is 9.54. The Labute approximate surface area is 108 Å². The van der Waals surface area contributed by atoms with Gasteiger partial charge in [-0.25, -0.2) is 9.38 Å². The van der Waals surface area contributed by atoms with Gasteiger partial charge in [-0.05, 0) is 17.7 Å². The molecule has 0 aliphatic carbocycles. The summed E-state index contributed by atoms with van der Waals surface area (Å²) in [5, 5.41) is 2.90. The summed E-state index contributed by atoms with van der Waals surface area (Å²) in [4.78, 5) is 4.13. The van der Waals surface area contributed by atoms with Crippen molar-refractivity contribution in [1.82, 2.24) is 5.32 Å². The summed E-state index contributed by atoms with van der Waals surface area (Å²) in [5.74, 6) is 0.0640. The van der Waals surface area contributed by atoms with E-state index in [1.165, 1.54) is 12.1 Å². The average Bonchev–Trinajstić information content (AvgIpc) is 2.28. The minimum absolute atomic E-state index is 0.282. The van der Waals surface area contributed by atoms with Crippen molar-refractivity contribution in [3.8, 4) is 0 Å². The highest BCUT2D eigenvalue weighted by molar-refractivity contribution is 9.10. The number of nitrogens with two attached hydrogens (primary N) is 1. The van der Waals surface area contributed by atoms with Crippen molar-refractivity contribution in [3.63, 3.8) is 0 Å². The van der Waals surface area contributed by atoms with Crippen LogP contribution in [0.4, 0.5) is 4.39 Å². The van der Waals surface area contributed by atoms with Gasteiger partial charge >= 0.3 is 0 Å². The van der Waals surface area contributed by atoms with E-state index in [-0.39, 0.29) is 5.82 Å². The van der Waals surface area contributed by atoms with Crippen LogP contribution < -0.4 is 11.1 Å². The van der Waals surface area contributed by atoms with Crippen LogP contribution in [0.15, 0.2) is 27.7 Å². The number of nitrogens with one attached hydrogen (secondary N) is 1. The van der Waals surface area contributed by atoms with E-state index in [1.54, 1.807) is 13.2 Å². The normalized spacial score (nSPS) is 11.6. The van der Waals surface area contributed by atoms with Crippen LogP contribution in [-0.4, -0.2) is 26.2 Å². The molecule has 17 heavy (non-hydrogen) atoms. The predicted molar refractivity (Wildman–Crippen MR) is 69.3 cm³/mol. The fraction of sp³-hybridized carbons (Fsp3) is 0.364. The molecule has 1 rings (SSSR count). The molecule has 0 radical (unpaired) electrons. The first-order chi connectivity index (χ1) is 8.13. The quantitative estimate of drug-likeness (QED) is 0.494. The Morgan fingerprint density at radius 2 is 2.35 bits per heavy atom. The number of halogens is 2. The van der Waals surface area contributed by atoms with E-state index in [4.69, 9.17) is 10.5 Å². The Bertz CT molecular complexity index is 398. The lowest BCUT2D eigenvalue weighted by molar-refractivity contribution is 0.204. The number of aliphatic imine (C=N–C) groups is 1. The highest BCUT2D eigenvalue weighted by Gasteiger charge is 2.00. The van der Waals surface area contributed by atoms with Gasteiger partial charge in [0, 0.05) is 18.1 Å². The maximum Gasteiger partial charge on any atom is 0.188 e. The Morgan fingerprint density at radius 1 is 1.59 bits per heavy atom. The van der Waals surface area contributed by atoms with Gasteiger partial charge < -0.3 is 15.8 Å².